The van der Waals surface area contributed by atoms with Gasteiger partial charge in [-0.2, -0.15) is 0 Å². The molecule has 0 bridgehead atoms. The molecule has 2 unspecified atom stereocenters. The number of nitrogens with zero attached hydrogens (tertiary/aromatic N) is 10. The van der Waals surface area contributed by atoms with Gasteiger partial charge >= 0.3 is 12.2 Å². The number of imidazole rings is 2. The predicted molar refractivity (Wildman–Crippen MR) is 351 cm³/mol. The van der Waals surface area contributed by atoms with Gasteiger partial charge in [-0.05, 0) is 162 Å². The molecule has 0 spiro atoms. The van der Waals surface area contributed by atoms with Gasteiger partial charge in [0, 0.05) is 96.1 Å². The molecular formula is C70H74F2N12O8S2. The first-order valence-electron chi connectivity index (χ1n) is 32.0. The molecule has 0 saturated carbocycles. The molecule has 24 heteroatoms. The molecule has 488 valence electrons. The number of aromatic nitrogens is 6. The molecule has 4 aromatic heterocycles. The molecule has 2 N–H and O–H groups in total. The summed E-state index contributed by atoms with van der Waals surface area (Å²) in [7, 11) is 0. The Bertz CT molecular complexity index is 3910. The van der Waals surface area contributed by atoms with Crippen molar-refractivity contribution in [2.24, 2.45) is 0 Å². The van der Waals surface area contributed by atoms with Crippen LogP contribution in [0.1, 0.15) is 170 Å². The highest BCUT2D eigenvalue weighted by molar-refractivity contribution is 7.14. The summed E-state index contributed by atoms with van der Waals surface area (Å²) in [5.74, 6) is -2.05. The highest BCUT2D eigenvalue weighted by Gasteiger charge is 2.44. The fourth-order valence-corrected chi connectivity index (χ4v) is 14.7. The van der Waals surface area contributed by atoms with Gasteiger partial charge in [-0.1, -0.05) is 48.5 Å². The molecule has 2 fully saturated rings. The van der Waals surface area contributed by atoms with Crippen LogP contribution in [-0.2, 0) is 58.1 Å². The number of amides is 6. The van der Waals surface area contributed by atoms with Crippen molar-refractivity contribution in [3.05, 3.63) is 176 Å². The number of thiazole rings is 2. The average molecular weight is 1310 g/mol. The summed E-state index contributed by atoms with van der Waals surface area (Å²) in [6.45, 7) is 15.2. The first kappa shape index (κ1) is 63.6. The minimum atomic E-state index is -1.03. The van der Waals surface area contributed by atoms with Crippen molar-refractivity contribution in [2.75, 3.05) is 36.8 Å². The van der Waals surface area contributed by atoms with E-state index in [1.807, 2.05) is 99.2 Å². The molecule has 0 aliphatic carbocycles. The fourth-order valence-electron chi connectivity index (χ4n) is 13.7. The Morgan fingerprint density at radius 1 is 0.532 bits per heavy atom. The standard InChI is InChI=1S/2C35H37FN6O4S/c2*1-35(2,3)46-34(45)40-14-10-23(11-15-40)21-6-8-22(9-7-21)24-17-25-26(27(36)18-24)19-42(32(25)44)30(31(43)39-33-37-12-16-47-33)29-28-5-4-13-41(28)20-38-29/h2*6-9,12,16-18,20,23,30H,4-5,10-11,13-15,19H2,1-3H3,(H,37,39,43). The van der Waals surface area contributed by atoms with E-state index >= 15 is 8.78 Å². The van der Waals surface area contributed by atoms with E-state index < -0.39 is 58.5 Å². The number of halogens is 2. The molecule has 2 atom stereocenters. The van der Waals surface area contributed by atoms with E-state index in [4.69, 9.17) is 9.47 Å². The number of carbonyl (C=O) groups excluding carboxylic acids is 6. The van der Waals surface area contributed by atoms with Crippen LogP contribution in [0.5, 0.6) is 0 Å². The number of piperidine rings is 2. The Hall–Kier alpha value is -9.16. The third-order valence-corrected chi connectivity index (χ3v) is 19.7. The molecule has 0 radical (unpaired) electrons. The Kier molecular flexibility index (Phi) is 17.6. The number of hydrogen-bond donors (Lipinski definition) is 2. The van der Waals surface area contributed by atoms with Crippen LogP contribution in [0.25, 0.3) is 22.3 Å². The Morgan fingerprint density at radius 2 is 0.915 bits per heavy atom. The van der Waals surface area contributed by atoms with Gasteiger partial charge in [0.15, 0.2) is 22.3 Å². The van der Waals surface area contributed by atoms with Crippen molar-refractivity contribution in [1.29, 1.82) is 0 Å². The number of ether oxygens (including phenoxy) is 2. The number of nitrogens with one attached hydrogen (secondary N) is 2. The minimum Gasteiger partial charge on any atom is -0.444 e. The first-order valence-corrected chi connectivity index (χ1v) is 33.8. The second kappa shape index (κ2) is 26.0. The van der Waals surface area contributed by atoms with Crippen LogP contribution in [0.4, 0.5) is 28.6 Å². The van der Waals surface area contributed by atoms with Crippen molar-refractivity contribution >= 4 is 68.8 Å². The lowest BCUT2D eigenvalue weighted by Crippen LogP contribution is -2.41. The van der Waals surface area contributed by atoms with Gasteiger partial charge < -0.3 is 38.2 Å². The second-order valence-electron chi connectivity index (χ2n) is 26.8. The fraction of sp³-hybridized carbons (Fsp3) is 0.400. The van der Waals surface area contributed by atoms with Crippen LogP contribution in [0, 0.1) is 11.6 Å². The lowest BCUT2D eigenvalue weighted by Gasteiger charge is -2.33. The Labute approximate surface area is 551 Å². The third kappa shape index (κ3) is 13.2. The summed E-state index contributed by atoms with van der Waals surface area (Å²) in [6, 6.07) is 20.3. The first-order chi connectivity index (χ1) is 45.1. The van der Waals surface area contributed by atoms with Crippen LogP contribution in [0.3, 0.4) is 0 Å². The van der Waals surface area contributed by atoms with Crippen LogP contribution in [0.15, 0.2) is 109 Å². The summed E-state index contributed by atoms with van der Waals surface area (Å²) in [6.07, 6.45) is 12.7. The highest BCUT2D eigenvalue weighted by Crippen LogP contribution is 2.42. The molecule has 2 saturated heterocycles. The minimum absolute atomic E-state index is 0.0382. The van der Waals surface area contributed by atoms with E-state index in [-0.39, 0.29) is 47.5 Å². The van der Waals surface area contributed by atoms with Gasteiger partial charge in [0.1, 0.15) is 22.8 Å². The van der Waals surface area contributed by atoms with Crippen molar-refractivity contribution in [2.45, 2.75) is 154 Å². The number of fused-ring (bicyclic) bond motifs is 4. The molecule has 6 aliphatic heterocycles. The molecule has 4 aromatic carbocycles. The number of rotatable bonds is 12. The number of anilines is 2. The number of aryl methyl sites for hydroxylation is 2. The van der Waals surface area contributed by atoms with Crippen LogP contribution in [-0.4, -0.2) is 122 Å². The number of hydrogen-bond acceptors (Lipinski definition) is 14. The normalized spacial score (nSPS) is 17.1. The van der Waals surface area contributed by atoms with E-state index in [1.54, 1.807) is 57.7 Å². The zero-order valence-electron chi connectivity index (χ0n) is 53.3. The second-order valence-corrected chi connectivity index (χ2v) is 28.6. The molecule has 20 nitrogen and oxygen atoms in total. The lowest BCUT2D eigenvalue weighted by atomic mass is 9.88. The van der Waals surface area contributed by atoms with Gasteiger partial charge in [0.05, 0.1) is 37.1 Å². The van der Waals surface area contributed by atoms with E-state index in [2.05, 4.69) is 30.6 Å². The average Bonchev–Trinajstić information content (AvgIpc) is 1.65. The van der Waals surface area contributed by atoms with Gasteiger partial charge in [-0.3, -0.25) is 29.8 Å². The van der Waals surface area contributed by atoms with Crippen LogP contribution in [0.2, 0.25) is 0 Å². The van der Waals surface area contributed by atoms with Gasteiger partial charge in [-0.25, -0.2) is 38.3 Å². The zero-order valence-corrected chi connectivity index (χ0v) is 55.0. The van der Waals surface area contributed by atoms with Crippen molar-refractivity contribution in [1.82, 2.24) is 48.7 Å². The van der Waals surface area contributed by atoms with Crippen LogP contribution >= 0.6 is 22.7 Å². The smallest absolute Gasteiger partial charge is 0.410 e. The lowest BCUT2D eigenvalue weighted by molar-refractivity contribution is -0.121. The number of likely N-dealkylation sites (tertiary alicyclic amines) is 2. The maximum Gasteiger partial charge on any atom is 0.410 e. The molecule has 14 rings (SSSR count). The largest absolute Gasteiger partial charge is 0.444 e. The Balaban J connectivity index is 0.000000171. The van der Waals surface area contributed by atoms with Crippen molar-refractivity contribution < 1.29 is 47.0 Å². The summed E-state index contributed by atoms with van der Waals surface area (Å²) in [5, 5.41) is 10.0. The van der Waals surface area contributed by atoms with Gasteiger partial charge in [0.25, 0.3) is 23.6 Å². The van der Waals surface area contributed by atoms with E-state index in [0.717, 1.165) is 98.1 Å². The number of benzene rings is 4. The van der Waals surface area contributed by atoms with Crippen molar-refractivity contribution in [3.63, 3.8) is 0 Å². The molecule has 10 heterocycles. The predicted octanol–water partition coefficient (Wildman–Crippen LogP) is 13.1. The highest BCUT2D eigenvalue weighted by atomic mass is 32.1. The van der Waals surface area contributed by atoms with Crippen LogP contribution < -0.4 is 10.6 Å². The third-order valence-electron chi connectivity index (χ3n) is 18.3. The van der Waals surface area contributed by atoms with E-state index in [9.17, 15) is 28.8 Å². The van der Waals surface area contributed by atoms with Gasteiger partial charge in [0.2, 0.25) is 0 Å². The SMILES string of the molecule is CC(C)(C)OC(=O)N1CCC(c2ccc(-c3cc(F)c4c(c3)C(=O)N(C(C(=O)Nc3nccs3)c3ncn5c3CCC5)C4)cc2)CC1.CC(C)(C)OC(=O)N1CCC(c2ccc(-c3cc(F)c4c(c3)C(=O)N(C(C(=O)Nc3nccs3)c3ncn5c3CCC5)C4)cc2)CC1. The molecular weight excluding hydrogens is 1240 g/mol. The summed E-state index contributed by atoms with van der Waals surface area (Å²) < 4.78 is 46.6. The molecule has 6 amide bonds. The quantitative estimate of drug-likeness (QED) is 0.117. The van der Waals surface area contributed by atoms with Gasteiger partial charge in [-0.15, -0.1) is 22.7 Å². The molecule has 6 aliphatic rings. The number of carbonyl (C=O) groups is 6. The van der Waals surface area contributed by atoms with Crippen molar-refractivity contribution in [3.8, 4) is 22.3 Å². The monoisotopic (exact) mass is 1310 g/mol. The topological polar surface area (TPSA) is 219 Å². The maximum atomic E-state index is 15.7. The Morgan fingerprint density at radius 3 is 1.27 bits per heavy atom. The summed E-state index contributed by atoms with van der Waals surface area (Å²) >= 11 is 2.57. The molecule has 94 heavy (non-hydrogen) atoms. The maximum absolute atomic E-state index is 15.7. The summed E-state index contributed by atoms with van der Waals surface area (Å²) in [4.78, 5) is 104. The molecule has 8 aromatic rings. The summed E-state index contributed by atoms with van der Waals surface area (Å²) in [5.41, 5.74) is 7.95. The van der Waals surface area contributed by atoms with E-state index in [1.165, 1.54) is 44.6 Å². The van der Waals surface area contributed by atoms with E-state index in [0.29, 0.717) is 70.8 Å². The zero-order chi connectivity index (χ0) is 65.7.